The molecular formula is C11H9N3O2. The number of ether oxygens (including phenoxy) is 1. The van der Waals surface area contributed by atoms with Crippen LogP contribution < -0.4 is 0 Å². The van der Waals surface area contributed by atoms with Crippen molar-refractivity contribution in [2.24, 2.45) is 0 Å². The largest absolute Gasteiger partial charge is 0.463 e. The third-order valence-corrected chi connectivity index (χ3v) is 2.56. The number of aromatic nitrogens is 3. The lowest BCUT2D eigenvalue weighted by Crippen LogP contribution is -2.02. The molecule has 5 heteroatoms. The summed E-state index contributed by atoms with van der Waals surface area (Å²) >= 11 is 0. The lowest BCUT2D eigenvalue weighted by molar-refractivity contribution is 0.0588. The Hall–Kier alpha value is -2.30. The number of hydrogen-bond acceptors (Lipinski definition) is 3. The van der Waals surface area contributed by atoms with Crippen LogP contribution in [0.25, 0.3) is 21.9 Å². The van der Waals surface area contributed by atoms with Gasteiger partial charge in [0.05, 0.1) is 18.1 Å². The Labute approximate surface area is 90.4 Å². The average molecular weight is 215 g/mol. The second-order valence-corrected chi connectivity index (χ2v) is 3.48. The van der Waals surface area contributed by atoms with Gasteiger partial charge in [-0.2, -0.15) is 0 Å². The van der Waals surface area contributed by atoms with E-state index in [1.54, 1.807) is 0 Å². The monoisotopic (exact) mass is 215 g/mol. The van der Waals surface area contributed by atoms with Gasteiger partial charge < -0.3 is 14.7 Å². The van der Waals surface area contributed by atoms with Crippen molar-refractivity contribution in [1.82, 2.24) is 15.0 Å². The van der Waals surface area contributed by atoms with Crippen molar-refractivity contribution in [3.63, 3.8) is 0 Å². The van der Waals surface area contributed by atoms with Gasteiger partial charge in [-0.1, -0.05) is 0 Å². The molecule has 0 amide bonds. The van der Waals surface area contributed by atoms with E-state index in [0.29, 0.717) is 0 Å². The molecule has 1 aromatic carbocycles. The lowest BCUT2D eigenvalue weighted by Gasteiger charge is -1.90. The number of H-pyrrole nitrogens is 2. The van der Waals surface area contributed by atoms with Gasteiger partial charge in [0.25, 0.3) is 0 Å². The van der Waals surface area contributed by atoms with E-state index in [1.165, 1.54) is 7.11 Å². The maximum Gasteiger partial charge on any atom is 0.374 e. The van der Waals surface area contributed by atoms with Gasteiger partial charge in [0.1, 0.15) is 0 Å². The van der Waals surface area contributed by atoms with E-state index in [9.17, 15) is 4.79 Å². The van der Waals surface area contributed by atoms with Crippen molar-refractivity contribution in [1.29, 1.82) is 0 Å². The highest BCUT2D eigenvalue weighted by molar-refractivity contribution is 6.04. The summed E-state index contributed by atoms with van der Waals surface area (Å²) < 4.78 is 4.62. The summed E-state index contributed by atoms with van der Waals surface area (Å²) in [4.78, 5) is 21.6. The van der Waals surface area contributed by atoms with Crippen LogP contribution in [0.2, 0.25) is 0 Å². The topological polar surface area (TPSA) is 70.8 Å². The number of fused-ring (bicyclic) bond motifs is 3. The Morgan fingerprint density at radius 3 is 2.94 bits per heavy atom. The number of esters is 1. The normalized spacial score (nSPS) is 11.1. The van der Waals surface area contributed by atoms with Crippen molar-refractivity contribution in [2.75, 3.05) is 7.11 Å². The van der Waals surface area contributed by atoms with Gasteiger partial charge in [0, 0.05) is 17.1 Å². The Morgan fingerprint density at radius 1 is 1.31 bits per heavy atom. The van der Waals surface area contributed by atoms with Crippen molar-refractivity contribution >= 4 is 27.9 Å². The molecule has 0 radical (unpaired) electrons. The number of rotatable bonds is 1. The zero-order chi connectivity index (χ0) is 11.1. The predicted octanol–water partition coefficient (Wildman–Crippen LogP) is 1.83. The second kappa shape index (κ2) is 3.10. The van der Waals surface area contributed by atoms with Gasteiger partial charge in [0.2, 0.25) is 5.82 Å². The zero-order valence-corrected chi connectivity index (χ0v) is 8.57. The highest BCUT2D eigenvalue weighted by atomic mass is 16.5. The van der Waals surface area contributed by atoms with Gasteiger partial charge in [-0.25, -0.2) is 9.78 Å². The second-order valence-electron chi connectivity index (χ2n) is 3.48. The number of hydrogen-bond donors (Lipinski definition) is 2. The fraction of sp³-hybridized carbons (Fsp3) is 0.0909. The van der Waals surface area contributed by atoms with E-state index in [1.807, 2.05) is 24.4 Å². The fourth-order valence-corrected chi connectivity index (χ4v) is 1.80. The lowest BCUT2D eigenvalue weighted by atomic mass is 10.2. The van der Waals surface area contributed by atoms with Crippen molar-refractivity contribution in [3.8, 4) is 0 Å². The first kappa shape index (κ1) is 8.96. The van der Waals surface area contributed by atoms with Crippen LogP contribution in [0.4, 0.5) is 0 Å². The summed E-state index contributed by atoms with van der Waals surface area (Å²) in [5.41, 5.74) is 2.60. The minimum atomic E-state index is -0.458. The Bertz CT molecular complexity index is 681. The Balaban J connectivity index is 2.34. The summed E-state index contributed by atoms with van der Waals surface area (Å²) in [6, 6.07) is 5.75. The average Bonchev–Trinajstić information content (AvgIpc) is 2.92. The van der Waals surface area contributed by atoms with E-state index in [4.69, 9.17) is 0 Å². The van der Waals surface area contributed by atoms with Crippen LogP contribution in [-0.2, 0) is 4.74 Å². The molecule has 0 atom stereocenters. The summed E-state index contributed by atoms with van der Waals surface area (Å²) in [5.74, 6) is -0.230. The SMILES string of the molecule is COC(=O)c1nc2c(ccc3[nH]ccc32)[nH]1. The van der Waals surface area contributed by atoms with Crippen LogP contribution in [0.5, 0.6) is 0 Å². The minimum absolute atomic E-state index is 0.228. The molecule has 2 N–H and O–H groups in total. The van der Waals surface area contributed by atoms with E-state index in [2.05, 4.69) is 19.7 Å². The smallest absolute Gasteiger partial charge is 0.374 e. The molecule has 2 heterocycles. The third-order valence-electron chi connectivity index (χ3n) is 2.56. The molecule has 80 valence electrons. The third kappa shape index (κ3) is 1.11. The molecule has 0 aliphatic rings. The van der Waals surface area contributed by atoms with Crippen LogP contribution in [0.3, 0.4) is 0 Å². The first-order chi connectivity index (χ1) is 7.79. The molecular weight excluding hydrogens is 206 g/mol. The maximum absolute atomic E-state index is 11.3. The molecule has 0 fully saturated rings. The number of carbonyl (C=O) groups is 1. The quantitative estimate of drug-likeness (QED) is 0.608. The van der Waals surface area contributed by atoms with Gasteiger partial charge in [-0.3, -0.25) is 0 Å². The van der Waals surface area contributed by atoms with Gasteiger partial charge >= 0.3 is 5.97 Å². The number of benzene rings is 1. The van der Waals surface area contributed by atoms with Crippen LogP contribution in [0.1, 0.15) is 10.6 Å². The number of carbonyl (C=O) groups excluding carboxylic acids is 1. The first-order valence-electron chi connectivity index (χ1n) is 4.84. The maximum atomic E-state index is 11.3. The molecule has 0 bridgehead atoms. The Morgan fingerprint density at radius 2 is 2.12 bits per heavy atom. The molecule has 2 aromatic heterocycles. The van der Waals surface area contributed by atoms with Crippen LogP contribution >= 0.6 is 0 Å². The molecule has 3 rings (SSSR count). The number of methoxy groups -OCH3 is 1. The van der Waals surface area contributed by atoms with Crippen molar-refractivity contribution in [3.05, 3.63) is 30.2 Å². The highest BCUT2D eigenvalue weighted by Crippen LogP contribution is 2.22. The van der Waals surface area contributed by atoms with Crippen LogP contribution in [0, 0.1) is 0 Å². The number of nitrogens with one attached hydrogen (secondary N) is 2. The molecule has 0 saturated carbocycles. The molecule has 0 unspecified atom stereocenters. The molecule has 16 heavy (non-hydrogen) atoms. The minimum Gasteiger partial charge on any atom is -0.463 e. The number of nitrogens with zero attached hydrogens (tertiary/aromatic N) is 1. The van der Waals surface area contributed by atoms with E-state index in [-0.39, 0.29) is 5.82 Å². The molecule has 3 aromatic rings. The summed E-state index contributed by atoms with van der Waals surface area (Å²) in [6.45, 7) is 0. The summed E-state index contributed by atoms with van der Waals surface area (Å²) in [5, 5.41) is 0.990. The van der Waals surface area contributed by atoms with Gasteiger partial charge in [-0.15, -0.1) is 0 Å². The molecule has 0 spiro atoms. The highest BCUT2D eigenvalue weighted by Gasteiger charge is 2.13. The summed E-state index contributed by atoms with van der Waals surface area (Å²) in [6.07, 6.45) is 1.84. The molecule has 0 aliphatic heterocycles. The fourth-order valence-electron chi connectivity index (χ4n) is 1.80. The predicted molar refractivity (Wildman–Crippen MR) is 59.3 cm³/mol. The van der Waals surface area contributed by atoms with Crippen LogP contribution in [0.15, 0.2) is 24.4 Å². The summed E-state index contributed by atoms with van der Waals surface area (Å²) in [7, 11) is 1.33. The number of imidazole rings is 1. The Kier molecular flexibility index (Phi) is 1.73. The van der Waals surface area contributed by atoms with E-state index >= 15 is 0 Å². The number of aromatic amines is 2. The van der Waals surface area contributed by atoms with Crippen molar-refractivity contribution < 1.29 is 9.53 Å². The molecule has 0 saturated heterocycles. The van der Waals surface area contributed by atoms with Gasteiger partial charge in [-0.05, 0) is 18.2 Å². The molecule has 5 nitrogen and oxygen atoms in total. The van der Waals surface area contributed by atoms with Crippen molar-refractivity contribution in [2.45, 2.75) is 0 Å². The zero-order valence-electron chi connectivity index (χ0n) is 8.57. The molecule has 0 aliphatic carbocycles. The van der Waals surface area contributed by atoms with E-state index in [0.717, 1.165) is 21.9 Å². The van der Waals surface area contributed by atoms with E-state index < -0.39 is 5.97 Å². The standard InChI is InChI=1S/C11H9N3O2/c1-16-11(15)10-13-8-3-2-7-6(4-5-12-7)9(8)14-10/h2-5,12H,1H3,(H,13,14). The van der Waals surface area contributed by atoms with Crippen LogP contribution in [-0.4, -0.2) is 28.0 Å². The van der Waals surface area contributed by atoms with Gasteiger partial charge in [0.15, 0.2) is 0 Å². The first-order valence-corrected chi connectivity index (χ1v) is 4.84.